The second-order valence-electron chi connectivity index (χ2n) is 7.41. The molecular formula is C19H24FN5O2. The maximum Gasteiger partial charge on any atom is 0.233 e. The van der Waals surface area contributed by atoms with Crippen molar-refractivity contribution in [2.45, 2.75) is 51.4 Å². The lowest BCUT2D eigenvalue weighted by molar-refractivity contribution is -0.135. The maximum atomic E-state index is 13.7. The number of amides is 1. The van der Waals surface area contributed by atoms with Gasteiger partial charge in [-0.15, -0.1) is 0 Å². The monoisotopic (exact) mass is 373 g/mol. The van der Waals surface area contributed by atoms with Gasteiger partial charge in [0.25, 0.3) is 0 Å². The number of alkyl halides is 1. The number of carbonyl (C=O) groups excluding carboxylic acids is 1. The summed E-state index contributed by atoms with van der Waals surface area (Å²) in [5, 5.41) is 12.9. The van der Waals surface area contributed by atoms with Gasteiger partial charge in [-0.1, -0.05) is 31.1 Å². The van der Waals surface area contributed by atoms with Crippen molar-refractivity contribution in [3.05, 3.63) is 40.3 Å². The maximum absolute atomic E-state index is 13.7. The van der Waals surface area contributed by atoms with Crippen LogP contribution in [0.2, 0.25) is 0 Å². The van der Waals surface area contributed by atoms with E-state index >= 15 is 0 Å². The number of likely N-dealkylation sites (tertiary alicyclic amines) is 1. The largest absolute Gasteiger partial charge is 0.497 e. The van der Waals surface area contributed by atoms with E-state index in [0.29, 0.717) is 12.8 Å². The molecule has 0 aromatic heterocycles. The molecule has 144 valence electrons. The van der Waals surface area contributed by atoms with Crippen LogP contribution in [-0.2, 0) is 11.2 Å². The van der Waals surface area contributed by atoms with E-state index in [2.05, 4.69) is 10.0 Å². The number of hydrogen-bond donors (Lipinski definition) is 0. The SMILES string of the molecule is COc1ccc(CCC(C)(C)C(N=[N+]=[N-])C(=O)N2C[C@@H](F)C[C@H]2C#N)cc1. The molecule has 1 heterocycles. The molecule has 1 aromatic rings. The van der Waals surface area contributed by atoms with Crippen LogP contribution < -0.4 is 4.74 Å². The summed E-state index contributed by atoms with van der Waals surface area (Å²) in [7, 11) is 1.60. The molecule has 0 bridgehead atoms. The number of azide groups is 1. The number of hydrogen-bond acceptors (Lipinski definition) is 4. The quantitative estimate of drug-likeness (QED) is 0.412. The highest BCUT2D eigenvalue weighted by molar-refractivity contribution is 5.84. The summed E-state index contributed by atoms with van der Waals surface area (Å²) in [6.07, 6.45) is 0.0265. The summed E-state index contributed by atoms with van der Waals surface area (Å²) in [5.41, 5.74) is 9.35. The molecule has 1 amide bonds. The van der Waals surface area contributed by atoms with Gasteiger partial charge in [-0.3, -0.25) is 4.79 Å². The van der Waals surface area contributed by atoms with Gasteiger partial charge in [-0.05, 0) is 41.5 Å². The second kappa shape index (κ2) is 8.74. The standard InChI is InChI=1S/C19H24FN5O2/c1-19(2,9-8-13-4-6-16(27-3)7-5-13)17(23-24-22)18(26)25-12-14(20)10-15(25)11-21/h4-7,14-15,17H,8-10,12H2,1-3H3/t14-,15-,17?/m0/s1. The fourth-order valence-corrected chi connectivity index (χ4v) is 3.29. The van der Waals surface area contributed by atoms with E-state index in [1.807, 2.05) is 44.2 Å². The molecule has 1 fully saturated rings. The Labute approximate surface area is 158 Å². The lowest BCUT2D eigenvalue weighted by Crippen LogP contribution is -2.47. The Hall–Kier alpha value is -2.78. The Bertz CT molecular complexity index is 752. The minimum Gasteiger partial charge on any atom is -0.497 e. The molecule has 1 aliphatic rings. The van der Waals surface area contributed by atoms with Crippen LogP contribution in [-0.4, -0.2) is 42.7 Å². The molecule has 1 saturated heterocycles. The van der Waals surface area contributed by atoms with E-state index < -0.39 is 29.6 Å². The first kappa shape index (κ1) is 20.5. The van der Waals surface area contributed by atoms with E-state index in [1.54, 1.807) is 7.11 Å². The number of ether oxygens (including phenoxy) is 1. The minimum absolute atomic E-state index is 0.00248. The third kappa shape index (κ3) is 4.89. The number of benzene rings is 1. The lowest BCUT2D eigenvalue weighted by Gasteiger charge is -2.34. The summed E-state index contributed by atoms with van der Waals surface area (Å²) in [6.45, 7) is 3.55. The Morgan fingerprint density at radius 3 is 2.74 bits per heavy atom. The Kier molecular flexibility index (Phi) is 6.65. The highest BCUT2D eigenvalue weighted by Gasteiger charge is 2.43. The van der Waals surface area contributed by atoms with Gasteiger partial charge in [0.2, 0.25) is 5.91 Å². The molecule has 8 heteroatoms. The van der Waals surface area contributed by atoms with E-state index in [4.69, 9.17) is 10.3 Å². The van der Waals surface area contributed by atoms with Crippen molar-refractivity contribution >= 4 is 5.91 Å². The number of nitriles is 1. The van der Waals surface area contributed by atoms with Crippen LogP contribution in [0.25, 0.3) is 10.4 Å². The van der Waals surface area contributed by atoms with Gasteiger partial charge in [0.15, 0.2) is 0 Å². The minimum atomic E-state index is -1.23. The Balaban J connectivity index is 2.14. The van der Waals surface area contributed by atoms with Gasteiger partial charge in [0.05, 0.1) is 19.7 Å². The molecule has 1 aliphatic heterocycles. The summed E-state index contributed by atoms with van der Waals surface area (Å²) in [5.74, 6) is 0.275. The number of carbonyl (C=O) groups is 1. The van der Waals surface area contributed by atoms with Crippen molar-refractivity contribution in [3.8, 4) is 11.8 Å². The zero-order valence-electron chi connectivity index (χ0n) is 15.8. The van der Waals surface area contributed by atoms with Crippen molar-refractivity contribution in [2.24, 2.45) is 10.5 Å². The molecule has 1 unspecified atom stereocenters. The summed E-state index contributed by atoms with van der Waals surface area (Å²) < 4.78 is 18.8. The van der Waals surface area contributed by atoms with Gasteiger partial charge >= 0.3 is 0 Å². The Morgan fingerprint density at radius 2 is 2.19 bits per heavy atom. The van der Waals surface area contributed by atoms with E-state index in [1.165, 1.54) is 4.90 Å². The lowest BCUT2D eigenvalue weighted by atomic mass is 9.79. The van der Waals surface area contributed by atoms with Gasteiger partial charge in [-0.25, -0.2) is 4.39 Å². The predicted octanol–water partition coefficient (Wildman–Crippen LogP) is 3.80. The average Bonchev–Trinajstić information content (AvgIpc) is 3.05. The summed E-state index contributed by atoms with van der Waals surface area (Å²) in [4.78, 5) is 17.0. The summed E-state index contributed by atoms with van der Waals surface area (Å²) >= 11 is 0. The summed E-state index contributed by atoms with van der Waals surface area (Å²) in [6, 6.07) is 7.76. The third-order valence-electron chi connectivity index (χ3n) is 5.04. The second-order valence-corrected chi connectivity index (χ2v) is 7.41. The number of halogens is 1. The highest BCUT2D eigenvalue weighted by Crippen LogP contribution is 2.33. The molecule has 0 N–H and O–H groups in total. The highest BCUT2D eigenvalue weighted by atomic mass is 19.1. The smallest absolute Gasteiger partial charge is 0.233 e. The van der Waals surface area contributed by atoms with Gasteiger partial charge in [-0.2, -0.15) is 5.26 Å². The number of methoxy groups -OCH3 is 1. The van der Waals surface area contributed by atoms with Gasteiger partial charge in [0.1, 0.15) is 24.0 Å². The first-order valence-corrected chi connectivity index (χ1v) is 8.83. The van der Waals surface area contributed by atoms with Crippen LogP contribution >= 0.6 is 0 Å². The fourth-order valence-electron chi connectivity index (χ4n) is 3.29. The van der Waals surface area contributed by atoms with Gasteiger partial charge in [0, 0.05) is 11.3 Å². The molecule has 1 aromatic carbocycles. The number of nitrogens with zero attached hydrogens (tertiary/aromatic N) is 5. The average molecular weight is 373 g/mol. The van der Waals surface area contributed by atoms with E-state index in [0.717, 1.165) is 11.3 Å². The molecule has 0 saturated carbocycles. The number of rotatable bonds is 7. The van der Waals surface area contributed by atoms with Crippen molar-refractivity contribution in [2.75, 3.05) is 13.7 Å². The molecule has 2 rings (SSSR count). The molecular weight excluding hydrogens is 349 g/mol. The molecule has 0 spiro atoms. The van der Waals surface area contributed by atoms with Crippen LogP contribution in [0.3, 0.4) is 0 Å². The van der Waals surface area contributed by atoms with Crippen LogP contribution in [0.1, 0.15) is 32.3 Å². The van der Waals surface area contributed by atoms with Crippen LogP contribution in [0.4, 0.5) is 4.39 Å². The zero-order valence-corrected chi connectivity index (χ0v) is 15.8. The third-order valence-corrected chi connectivity index (χ3v) is 5.04. The van der Waals surface area contributed by atoms with Crippen molar-refractivity contribution in [1.82, 2.24) is 4.90 Å². The van der Waals surface area contributed by atoms with Crippen molar-refractivity contribution in [1.29, 1.82) is 5.26 Å². The molecule has 27 heavy (non-hydrogen) atoms. The molecule has 0 radical (unpaired) electrons. The topological polar surface area (TPSA) is 102 Å². The van der Waals surface area contributed by atoms with E-state index in [9.17, 15) is 14.4 Å². The number of aryl methyl sites for hydroxylation is 1. The first-order chi connectivity index (χ1) is 12.8. The van der Waals surface area contributed by atoms with E-state index in [-0.39, 0.29) is 13.0 Å². The van der Waals surface area contributed by atoms with Crippen molar-refractivity contribution < 1.29 is 13.9 Å². The van der Waals surface area contributed by atoms with Crippen LogP contribution in [0.5, 0.6) is 5.75 Å². The van der Waals surface area contributed by atoms with Crippen LogP contribution in [0.15, 0.2) is 29.4 Å². The van der Waals surface area contributed by atoms with Crippen molar-refractivity contribution in [3.63, 3.8) is 0 Å². The fraction of sp³-hybridized carbons (Fsp3) is 0.579. The normalized spacial score (nSPS) is 20.5. The molecule has 7 nitrogen and oxygen atoms in total. The van der Waals surface area contributed by atoms with Gasteiger partial charge < -0.3 is 9.64 Å². The Morgan fingerprint density at radius 1 is 1.52 bits per heavy atom. The van der Waals surface area contributed by atoms with Crippen LogP contribution in [0, 0.1) is 16.7 Å². The zero-order chi connectivity index (χ0) is 20.0. The molecule has 3 atom stereocenters. The first-order valence-electron chi connectivity index (χ1n) is 8.83. The molecule has 0 aliphatic carbocycles. The predicted molar refractivity (Wildman–Crippen MR) is 98.7 cm³/mol.